The van der Waals surface area contributed by atoms with Crippen LogP contribution in [0.2, 0.25) is 5.02 Å². The minimum absolute atomic E-state index is 0.173. The molecular formula is C15H16ClN3O. The second kappa shape index (κ2) is 6.91. The number of aromatic nitrogens is 1. The van der Waals surface area contributed by atoms with E-state index in [4.69, 9.17) is 11.6 Å². The van der Waals surface area contributed by atoms with Crippen molar-refractivity contribution >= 4 is 28.9 Å². The van der Waals surface area contributed by atoms with E-state index in [2.05, 4.69) is 22.5 Å². The van der Waals surface area contributed by atoms with Crippen LogP contribution in [0.4, 0.5) is 11.4 Å². The molecule has 2 N–H and O–H groups in total. The summed E-state index contributed by atoms with van der Waals surface area (Å²) in [6.45, 7) is 2.86. The van der Waals surface area contributed by atoms with Gasteiger partial charge in [-0.05, 0) is 36.8 Å². The zero-order valence-corrected chi connectivity index (χ0v) is 11.9. The molecule has 0 radical (unpaired) electrons. The molecule has 0 atom stereocenters. The lowest BCUT2D eigenvalue weighted by atomic mass is 10.2. The Labute approximate surface area is 123 Å². The Morgan fingerprint density at radius 1 is 1.25 bits per heavy atom. The standard InChI is InChI=1S/C15H16ClN3O/c1-2-8-18-14-10-17-9-7-13(14)15(20)19-12-5-3-11(16)4-6-12/h3-7,9-10,18H,2,8H2,1H3,(H,19,20). The average Bonchev–Trinajstić information content (AvgIpc) is 2.47. The first kappa shape index (κ1) is 14.3. The Bertz CT molecular complexity index is 584. The summed E-state index contributed by atoms with van der Waals surface area (Å²) in [6.07, 6.45) is 4.24. The molecule has 0 bridgehead atoms. The summed E-state index contributed by atoms with van der Waals surface area (Å²) in [6, 6.07) is 8.70. The number of nitrogens with zero attached hydrogens (tertiary/aromatic N) is 1. The van der Waals surface area contributed by atoms with Gasteiger partial charge in [0, 0.05) is 23.5 Å². The first-order valence-electron chi connectivity index (χ1n) is 6.45. The molecule has 0 unspecified atom stereocenters. The molecule has 0 aliphatic rings. The third-order valence-electron chi connectivity index (χ3n) is 2.73. The van der Waals surface area contributed by atoms with Crippen molar-refractivity contribution in [2.45, 2.75) is 13.3 Å². The van der Waals surface area contributed by atoms with Crippen molar-refractivity contribution < 1.29 is 4.79 Å². The number of nitrogens with one attached hydrogen (secondary N) is 2. The van der Waals surface area contributed by atoms with Crippen molar-refractivity contribution in [1.29, 1.82) is 0 Å². The zero-order chi connectivity index (χ0) is 14.4. The summed E-state index contributed by atoms with van der Waals surface area (Å²) in [5, 5.41) is 6.67. The first-order valence-corrected chi connectivity index (χ1v) is 6.83. The largest absolute Gasteiger partial charge is 0.383 e. The van der Waals surface area contributed by atoms with E-state index in [1.54, 1.807) is 42.7 Å². The molecule has 1 heterocycles. The average molecular weight is 290 g/mol. The normalized spacial score (nSPS) is 10.1. The zero-order valence-electron chi connectivity index (χ0n) is 11.2. The minimum Gasteiger partial charge on any atom is -0.383 e. The number of benzene rings is 1. The number of hydrogen-bond donors (Lipinski definition) is 2. The van der Waals surface area contributed by atoms with Crippen LogP contribution in [0.15, 0.2) is 42.7 Å². The molecule has 4 nitrogen and oxygen atoms in total. The van der Waals surface area contributed by atoms with E-state index >= 15 is 0 Å². The lowest BCUT2D eigenvalue weighted by Crippen LogP contribution is -2.15. The molecule has 1 aromatic carbocycles. The monoisotopic (exact) mass is 289 g/mol. The van der Waals surface area contributed by atoms with Gasteiger partial charge in [0.2, 0.25) is 0 Å². The van der Waals surface area contributed by atoms with Crippen molar-refractivity contribution in [3.63, 3.8) is 0 Å². The molecule has 0 saturated carbocycles. The molecule has 5 heteroatoms. The summed E-state index contributed by atoms with van der Waals surface area (Å²) in [7, 11) is 0. The van der Waals surface area contributed by atoms with Crippen LogP contribution in [0.1, 0.15) is 23.7 Å². The number of rotatable bonds is 5. The topological polar surface area (TPSA) is 54.0 Å². The highest BCUT2D eigenvalue weighted by Gasteiger charge is 2.11. The Kier molecular flexibility index (Phi) is 4.96. The SMILES string of the molecule is CCCNc1cnccc1C(=O)Nc1ccc(Cl)cc1. The Balaban J connectivity index is 2.14. The molecule has 1 aromatic heterocycles. The van der Waals surface area contributed by atoms with Gasteiger partial charge in [-0.25, -0.2) is 0 Å². The molecule has 1 amide bonds. The molecule has 2 rings (SSSR count). The van der Waals surface area contributed by atoms with Gasteiger partial charge in [0.15, 0.2) is 0 Å². The number of carbonyl (C=O) groups excluding carboxylic acids is 1. The summed E-state index contributed by atoms with van der Waals surface area (Å²) in [5.74, 6) is -0.173. The van der Waals surface area contributed by atoms with Gasteiger partial charge in [0.1, 0.15) is 0 Å². The smallest absolute Gasteiger partial charge is 0.257 e. The fourth-order valence-corrected chi connectivity index (χ4v) is 1.85. The minimum atomic E-state index is -0.173. The number of pyridine rings is 1. The van der Waals surface area contributed by atoms with Crippen molar-refractivity contribution in [1.82, 2.24) is 4.98 Å². The third kappa shape index (κ3) is 3.71. The Morgan fingerprint density at radius 2 is 2.00 bits per heavy atom. The molecule has 20 heavy (non-hydrogen) atoms. The van der Waals surface area contributed by atoms with E-state index in [1.165, 1.54) is 0 Å². The van der Waals surface area contributed by atoms with Gasteiger partial charge in [-0.1, -0.05) is 18.5 Å². The number of halogens is 1. The Morgan fingerprint density at radius 3 is 2.70 bits per heavy atom. The van der Waals surface area contributed by atoms with Crippen LogP contribution in [0, 0.1) is 0 Å². The highest BCUT2D eigenvalue weighted by Crippen LogP contribution is 2.18. The predicted octanol–water partition coefficient (Wildman–Crippen LogP) is 3.81. The molecular weight excluding hydrogens is 274 g/mol. The van der Waals surface area contributed by atoms with Crippen LogP contribution in [-0.4, -0.2) is 17.4 Å². The van der Waals surface area contributed by atoms with Crippen molar-refractivity contribution in [3.05, 3.63) is 53.3 Å². The maximum absolute atomic E-state index is 12.3. The molecule has 0 fully saturated rings. The second-order valence-corrected chi connectivity index (χ2v) is 4.75. The molecule has 0 aliphatic carbocycles. The van der Waals surface area contributed by atoms with E-state index in [0.717, 1.165) is 18.7 Å². The van der Waals surface area contributed by atoms with Gasteiger partial charge >= 0.3 is 0 Å². The van der Waals surface area contributed by atoms with Crippen molar-refractivity contribution in [3.8, 4) is 0 Å². The van der Waals surface area contributed by atoms with Gasteiger partial charge in [-0.2, -0.15) is 0 Å². The maximum Gasteiger partial charge on any atom is 0.257 e. The molecule has 0 aliphatic heterocycles. The molecule has 0 spiro atoms. The lowest BCUT2D eigenvalue weighted by Gasteiger charge is -2.11. The highest BCUT2D eigenvalue weighted by atomic mass is 35.5. The van der Waals surface area contributed by atoms with Crippen LogP contribution in [0.3, 0.4) is 0 Å². The first-order chi connectivity index (χ1) is 9.70. The van der Waals surface area contributed by atoms with E-state index in [-0.39, 0.29) is 5.91 Å². The van der Waals surface area contributed by atoms with E-state index in [1.807, 2.05) is 0 Å². The fourth-order valence-electron chi connectivity index (χ4n) is 1.72. The lowest BCUT2D eigenvalue weighted by molar-refractivity contribution is 0.102. The van der Waals surface area contributed by atoms with Gasteiger partial charge in [0.05, 0.1) is 17.4 Å². The van der Waals surface area contributed by atoms with Gasteiger partial charge < -0.3 is 10.6 Å². The third-order valence-corrected chi connectivity index (χ3v) is 2.99. The van der Waals surface area contributed by atoms with Gasteiger partial charge in [-0.3, -0.25) is 9.78 Å². The quantitative estimate of drug-likeness (QED) is 0.880. The van der Waals surface area contributed by atoms with E-state index in [9.17, 15) is 4.79 Å². The van der Waals surface area contributed by atoms with Crippen molar-refractivity contribution in [2.75, 3.05) is 17.2 Å². The van der Waals surface area contributed by atoms with Crippen LogP contribution < -0.4 is 10.6 Å². The number of carbonyl (C=O) groups is 1. The van der Waals surface area contributed by atoms with Crippen LogP contribution in [0.5, 0.6) is 0 Å². The summed E-state index contributed by atoms with van der Waals surface area (Å²) >= 11 is 5.82. The highest BCUT2D eigenvalue weighted by molar-refractivity contribution is 6.30. The molecule has 0 saturated heterocycles. The summed E-state index contributed by atoms with van der Waals surface area (Å²) < 4.78 is 0. The number of anilines is 2. The van der Waals surface area contributed by atoms with E-state index in [0.29, 0.717) is 16.3 Å². The van der Waals surface area contributed by atoms with Crippen LogP contribution in [0.25, 0.3) is 0 Å². The summed E-state index contributed by atoms with van der Waals surface area (Å²) in [4.78, 5) is 16.3. The number of hydrogen-bond acceptors (Lipinski definition) is 3. The second-order valence-electron chi connectivity index (χ2n) is 4.31. The van der Waals surface area contributed by atoms with Crippen molar-refractivity contribution in [2.24, 2.45) is 0 Å². The van der Waals surface area contributed by atoms with Crippen LogP contribution >= 0.6 is 11.6 Å². The predicted molar refractivity (Wildman–Crippen MR) is 82.4 cm³/mol. The van der Waals surface area contributed by atoms with E-state index < -0.39 is 0 Å². The Hall–Kier alpha value is -2.07. The fraction of sp³-hybridized carbons (Fsp3) is 0.200. The molecule has 2 aromatic rings. The van der Waals surface area contributed by atoms with Gasteiger partial charge in [-0.15, -0.1) is 0 Å². The summed E-state index contributed by atoms with van der Waals surface area (Å²) in [5.41, 5.74) is 2.02. The maximum atomic E-state index is 12.3. The van der Waals surface area contributed by atoms with Gasteiger partial charge in [0.25, 0.3) is 5.91 Å². The number of amides is 1. The molecule has 104 valence electrons. The van der Waals surface area contributed by atoms with Crippen LogP contribution in [-0.2, 0) is 0 Å².